The van der Waals surface area contributed by atoms with E-state index < -0.39 is 52.9 Å². The monoisotopic (exact) mass is 637 g/mol. The Morgan fingerprint density at radius 3 is 2.37 bits per heavy atom. The third-order valence-electron chi connectivity index (χ3n) is 9.51. The maximum Gasteiger partial charge on any atom is 0.471 e. The smallest absolute Gasteiger partial charge is 0.471 e. The van der Waals surface area contributed by atoms with Crippen molar-refractivity contribution >= 4 is 29.3 Å². The summed E-state index contributed by atoms with van der Waals surface area (Å²) in [4.78, 5) is 55.5. The highest BCUT2D eigenvalue weighted by Gasteiger charge is 2.61. The Labute approximate surface area is 263 Å². The summed E-state index contributed by atoms with van der Waals surface area (Å²) in [5.74, 6) is -5.85. The Bertz CT molecular complexity index is 1600. The van der Waals surface area contributed by atoms with E-state index in [9.17, 15) is 37.6 Å². The number of benzene rings is 2. The third-order valence-corrected chi connectivity index (χ3v) is 9.51. The van der Waals surface area contributed by atoms with Gasteiger partial charge < -0.3 is 25.6 Å². The number of halogens is 3. The largest absolute Gasteiger partial charge is 0.473 e. The summed E-state index contributed by atoms with van der Waals surface area (Å²) in [5.41, 5.74) is -1.99. The number of para-hydroxylation sites is 1. The molecule has 2 aliphatic heterocycles. The van der Waals surface area contributed by atoms with Gasteiger partial charge in [0.2, 0.25) is 17.4 Å². The van der Waals surface area contributed by atoms with Gasteiger partial charge >= 0.3 is 12.1 Å². The van der Waals surface area contributed by atoms with Crippen LogP contribution >= 0.6 is 0 Å². The Balaban J connectivity index is 1.38. The molecule has 2 aromatic carbocycles. The first-order chi connectivity index (χ1) is 21.9. The molecule has 4 amide bonds. The normalized spacial score (nSPS) is 24.1. The van der Waals surface area contributed by atoms with Crippen molar-refractivity contribution in [2.24, 2.45) is 17.8 Å². The van der Waals surface area contributed by atoms with Crippen LogP contribution in [0.15, 0.2) is 48.5 Å². The summed E-state index contributed by atoms with van der Waals surface area (Å²) >= 11 is 0. The Morgan fingerprint density at radius 1 is 1.07 bits per heavy atom. The molecule has 46 heavy (non-hydrogen) atoms. The minimum Gasteiger partial charge on any atom is -0.473 e. The molecular formula is C33H34F3N5O5. The Kier molecular flexibility index (Phi) is 7.94. The van der Waals surface area contributed by atoms with Crippen LogP contribution in [0.5, 0.6) is 5.75 Å². The number of fused-ring (bicyclic) bond motifs is 1. The third kappa shape index (κ3) is 5.76. The van der Waals surface area contributed by atoms with Crippen LogP contribution in [-0.2, 0) is 19.2 Å². The van der Waals surface area contributed by atoms with Crippen LogP contribution in [0, 0.1) is 29.1 Å². The van der Waals surface area contributed by atoms with Crippen LogP contribution in [0.4, 0.5) is 18.9 Å². The van der Waals surface area contributed by atoms with Gasteiger partial charge in [-0.15, -0.1) is 0 Å². The van der Waals surface area contributed by atoms with Crippen LogP contribution in [0.1, 0.15) is 44.9 Å². The van der Waals surface area contributed by atoms with E-state index in [1.165, 1.54) is 7.05 Å². The van der Waals surface area contributed by atoms with Crippen molar-refractivity contribution < 1.29 is 37.1 Å². The molecule has 3 fully saturated rings. The van der Waals surface area contributed by atoms with E-state index in [1.54, 1.807) is 12.1 Å². The number of hydrogen-bond acceptors (Lipinski definition) is 6. The molecule has 242 valence electrons. The molecule has 4 atom stereocenters. The van der Waals surface area contributed by atoms with Gasteiger partial charge in [-0.2, -0.15) is 18.4 Å². The number of hydrogen-bond donors (Lipinski definition) is 3. The minimum absolute atomic E-state index is 0.0345. The van der Waals surface area contributed by atoms with Crippen molar-refractivity contribution in [1.29, 1.82) is 5.26 Å². The average Bonchev–Trinajstić information content (AvgIpc) is 3.98. The number of carbonyl (C=O) groups excluding carboxylic acids is 4. The molecule has 13 heteroatoms. The molecule has 4 aliphatic rings. The molecule has 1 saturated heterocycles. The van der Waals surface area contributed by atoms with Crippen LogP contribution in [0.2, 0.25) is 0 Å². The minimum atomic E-state index is -5.30. The lowest BCUT2D eigenvalue weighted by Gasteiger charge is -2.41. The topological polar surface area (TPSA) is 141 Å². The van der Waals surface area contributed by atoms with Crippen molar-refractivity contribution in [1.82, 2.24) is 15.5 Å². The van der Waals surface area contributed by atoms with Gasteiger partial charge in [0.25, 0.3) is 5.91 Å². The molecule has 1 unspecified atom stereocenters. The highest BCUT2D eigenvalue weighted by Crippen LogP contribution is 2.48. The second-order valence-corrected chi connectivity index (χ2v) is 12.8. The predicted octanol–water partition coefficient (Wildman–Crippen LogP) is 3.93. The number of anilines is 1. The summed E-state index contributed by atoms with van der Waals surface area (Å²) in [6, 6.07) is 15.5. The van der Waals surface area contributed by atoms with Crippen molar-refractivity contribution in [3.8, 4) is 22.9 Å². The molecule has 0 aromatic heterocycles. The first-order valence-electron chi connectivity index (χ1n) is 15.4. The van der Waals surface area contributed by atoms with E-state index in [2.05, 4.69) is 16.7 Å². The van der Waals surface area contributed by atoms with Crippen molar-refractivity contribution in [3.05, 3.63) is 48.5 Å². The number of carbonyl (C=O) groups is 4. The van der Waals surface area contributed by atoms with Gasteiger partial charge in [0.05, 0.1) is 24.2 Å². The fourth-order valence-electron chi connectivity index (χ4n) is 6.79. The number of ether oxygens (including phenoxy) is 1. The zero-order valence-corrected chi connectivity index (χ0v) is 25.2. The predicted molar refractivity (Wildman–Crippen MR) is 159 cm³/mol. The van der Waals surface area contributed by atoms with E-state index in [4.69, 9.17) is 4.74 Å². The first kappa shape index (κ1) is 31.4. The number of nitrogens with zero attached hydrogens (tertiary/aromatic N) is 2. The summed E-state index contributed by atoms with van der Waals surface area (Å²) < 4.78 is 47.5. The van der Waals surface area contributed by atoms with Gasteiger partial charge in [-0.05, 0) is 36.3 Å². The van der Waals surface area contributed by atoms with Gasteiger partial charge in [0, 0.05) is 19.0 Å². The number of likely N-dealkylation sites (tertiary alicyclic amines) is 1. The summed E-state index contributed by atoms with van der Waals surface area (Å²) in [6.07, 6.45) is -2.96. The van der Waals surface area contributed by atoms with E-state index in [1.807, 2.05) is 41.7 Å². The highest BCUT2D eigenvalue weighted by molar-refractivity contribution is 6.04. The standard InChI is InChI=1S/C33H34F3N5O5/c1-38-29(44)32(15-20-12-13-20,40-30(45)33(34,35)36)24(14-19-10-11-19)27(42)41-18-31(16-22(41)17-37)28(43)39-25-9-5-8-23(26(25)46-31)21-6-3-2-4-7-21/h2-9,19-20,22,24H,10-16,18H2,1H3,(H,38,44)(H,39,43)(H,40,45)/t22-,24+,31+,32?/m0/s1. The second-order valence-electron chi connectivity index (χ2n) is 12.8. The molecule has 3 N–H and O–H groups in total. The van der Waals surface area contributed by atoms with E-state index in [0.717, 1.165) is 10.5 Å². The number of alkyl halides is 3. The first-order valence-corrected chi connectivity index (χ1v) is 15.4. The number of rotatable bonds is 9. The number of amides is 4. The van der Waals surface area contributed by atoms with Crippen LogP contribution in [-0.4, -0.2) is 65.5 Å². The van der Waals surface area contributed by atoms with E-state index in [0.29, 0.717) is 42.7 Å². The maximum atomic E-state index is 14.6. The molecule has 1 spiro atoms. The van der Waals surface area contributed by atoms with E-state index >= 15 is 0 Å². The van der Waals surface area contributed by atoms with Gasteiger partial charge in [-0.25, -0.2) is 0 Å². The van der Waals surface area contributed by atoms with Crippen molar-refractivity contribution in [2.45, 2.75) is 68.3 Å². The zero-order chi connectivity index (χ0) is 32.9. The quantitative estimate of drug-likeness (QED) is 0.381. The van der Waals surface area contributed by atoms with Gasteiger partial charge in [-0.1, -0.05) is 68.1 Å². The van der Waals surface area contributed by atoms with Crippen LogP contribution < -0.4 is 20.7 Å². The number of likely N-dealkylation sites (N-methyl/N-ethyl adjacent to an activating group) is 1. The number of nitrogens with one attached hydrogen (secondary N) is 3. The van der Waals surface area contributed by atoms with Gasteiger partial charge in [-0.3, -0.25) is 19.2 Å². The fourth-order valence-corrected chi connectivity index (χ4v) is 6.79. The Morgan fingerprint density at radius 2 is 1.76 bits per heavy atom. The highest BCUT2D eigenvalue weighted by atomic mass is 19.4. The summed E-state index contributed by atoms with van der Waals surface area (Å²) in [5, 5.41) is 17.4. The molecule has 10 nitrogen and oxygen atoms in total. The van der Waals surface area contributed by atoms with Gasteiger partial charge in [0.1, 0.15) is 11.6 Å². The molecule has 6 rings (SSSR count). The molecule has 2 aromatic rings. The lowest BCUT2D eigenvalue weighted by Crippen LogP contribution is -2.67. The zero-order valence-electron chi connectivity index (χ0n) is 25.2. The van der Waals surface area contributed by atoms with Crippen molar-refractivity contribution in [2.75, 3.05) is 18.9 Å². The number of nitriles is 1. The molecule has 2 saturated carbocycles. The van der Waals surface area contributed by atoms with Crippen LogP contribution in [0.3, 0.4) is 0 Å². The summed E-state index contributed by atoms with van der Waals surface area (Å²) in [7, 11) is 1.24. The maximum absolute atomic E-state index is 14.6. The van der Waals surface area contributed by atoms with E-state index in [-0.39, 0.29) is 37.6 Å². The second kappa shape index (κ2) is 11.6. The lowest BCUT2D eigenvalue weighted by molar-refractivity contribution is -0.178. The van der Waals surface area contributed by atoms with Gasteiger partial charge in [0.15, 0.2) is 5.75 Å². The molecule has 2 aliphatic carbocycles. The lowest BCUT2D eigenvalue weighted by atomic mass is 9.74. The molecule has 0 radical (unpaired) electrons. The SMILES string of the molecule is CNC(=O)C(CC1CC1)(NC(=O)C(F)(F)F)[C@H](CC1CC1)C(=O)N1C[C@@]2(C[C@H]1C#N)Oc1c(cccc1-c1ccccc1)NC2=O. The molecular weight excluding hydrogens is 603 g/mol. The molecule has 2 heterocycles. The Hall–Kier alpha value is -4.60. The average molecular weight is 638 g/mol. The summed E-state index contributed by atoms with van der Waals surface area (Å²) in [6.45, 7) is -0.375. The fraction of sp³-hybridized carbons (Fsp3) is 0.485. The molecule has 0 bridgehead atoms. The van der Waals surface area contributed by atoms with Crippen molar-refractivity contribution in [3.63, 3.8) is 0 Å². The van der Waals surface area contributed by atoms with Crippen LogP contribution in [0.25, 0.3) is 11.1 Å².